The molecule has 1 heterocycles. The first-order chi connectivity index (χ1) is 19.2. The van der Waals surface area contributed by atoms with Gasteiger partial charge in [-0.3, -0.25) is 24.0 Å². The monoisotopic (exact) mass is 570 g/mol. The molecule has 2 atom stereocenters. The van der Waals surface area contributed by atoms with E-state index in [0.717, 1.165) is 13.8 Å². The standard InChI is InChI=1S/C29H30O12/c1-15-10-22(38-17(3)31)13-24(39-18(4)32)26(15)28(35)41-29(6)25(40-19(5)33)12-20-11-21(8-7-9-36-16(2)30)37-14-23(20)27(29)34/h7-8,10-11,13,25H,9,12,14H2,1-6H3/b8-7+/t25-,29-/m1/s1. The highest BCUT2D eigenvalue weighted by molar-refractivity contribution is 6.07. The zero-order chi connectivity index (χ0) is 30.5. The van der Waals surface area contributed by atoms with Gasteiger partial charge in [-0.15, -0.1) is 0 Å². The molecule has 1 aromatic carbocycles. The maximum Gasteiger partial charge on any atom is 0.343 e. The van der Waals surface area contributed by atoms with E-state index in [-0.39, 0.29) is 47.8 Å². The van der Waals surface area contributed by atoms with Crippen molar-refractivity contribution in [3.63, 3.8) is 0 Å². The molecule has 12 heteroatoms. The lowest BCUT2D eigenvalue weighted by Gasteiger charge is -2.40. The largest absolute Gasteiger partial charge is 0.489 e. The fourth-order valence-corrected chi connectivity index (χ4v) is 4.36. The first-order valence-electron chi connectivity index (χ1n) is 12.5. The topological polar surface area (TPSA) is 158 Å². The fourth-order valence-electron chi connectivity index (χ4n) is 4.36. The van der Waals surface area contributed by atoms with E-state index in [1.54, 1.807) is 18.2 Å². The second kappa shape index (κ2) is 12.6. The van der Waals surface area contributed by atoms with Crippen molar-refractivity contribution in [1.82, 2.24) is 0 Å². The molecule has 0 amide bonds. The quantitative estimate of drug-likeness (QED) is 0.256. The summed E-state index contributed by atoms with van der Waals surface area (Å²) in [6.07, 6.45) is 3.55. The fraction of sp³-hybridized carbons (Fsp3) is 0.379. The van der Waals surface area contributed by atoms with Gasteiger partial charge in [0.2, 0.25) is 11.4 Å². The van der Waals surface area contributed by atoms with E-state index in [0.29, 0.717) is 11.3 Å². The number of ketones is 1. The van der Waals surface area contributed by atoms with Gasteiger partial charge in [0.05, 0.1) is 0 Å². The highest BCUT2D eigenvalue weighted by Gasteiger charge is 2.53. The van der Waals surface area contributed by atoms with E-state index in [1.165, 1.54) is 39.8 Å². The molecule has 0 unspecified atom stereocenters. The van der Waals surface area contributed by atoms with Crippen LogP contribution in [-0.2, 0) is 42.9 Å². The maximum atomic E-state index is 13.8. The number of carbonyl (C=O) groups is 6. The zero-order valence-corrected chi connectivity index (χ0v) is 23.5. The van der Waals surface area contributed by atoms with Crippen molar-refractivity contribution in [2.75, 3.05) is 13.2 Å². The van der Waals surface area contributed by atoms with Gasteiger partial charge in [0, 0.05) is 45.8 Å². The van der Waals surface area contributed by atoms with Crippen molar-refractivity contribution in [1.29, 1.82) is 0 Å². The van der Waals surface area contributed by atoms with Crippen LogP contribution in [0.5, 0.6) is 11.5 Å². The van der Waals surface area contributed by atoms with Crippen LogP contribution >= 0.6 is 0 Å². The van der Waals surface area contributed by atoms with Crippen LogP contribution in [0.4, 0.5) is 0 Å². The third-order valence-corrected chi connectivity index (χ3v) is 6.10. The Morgan fingerprint density at radius 3 is 2.29 bits per heavy atom. The predicted octanol–water partition coefficient (Wildman–Crippen LogP) is 3.00. The molecule has 0 N–H and O–H groups in total. The van der Waals surface area contributed by atoms with Crippen LogP contribution in [0.2, 0.25) is 0 Å². The van der Waals surface area contributed by atoms with Crippen LogP contribution in [0.1, 0.15) is 57.0 Å². The smallest absolute Gasteiger partial charge is 0.343 e. The Morgan fingerprint density at radius 2 is 1.68 bits per heavy atom. The van der Waals surface area contributed by atoms with Crippen LogP contribution in [0.15, 0.2) is 47.3 Å². The molecule has 0 spiro atoms. The first-order valence-corrected chi connectivity index (χ1v) is 12.5. The Kier molecular flexibility index (Phi) is 9.48. The highest BCUT2D eigenvalue weighted by atomic mass is 16.6. The summed E-state index contributed by atoms with van der Waals surface area (Å²) < 4.78 is 32.0. The lowest BCUT2D eigenvalue weighted by atomic mass is 9.77. The number of hydrogen-bond acceptors (Lipinski definition) is 12. The minimum atomic E-state index is -1.96. The van der Waals surface area contributed by atoms with Gasteiger partial charge < -0.3 is 28.4 Å². The summed E-state index contributed by atoms with van der Waals surface area (Å²) in [5.41, 5.74) is -1.17. The lowest BCUT2D eigenvalue weighted by molar-refractivity contribution is -0.168. The molecule has 0 aromatic heterocycles. The third kappa shape index (κ3) is 7.47. The average Bonchev–Trinajstić information content (AvgIpc) is 2.83. The normalized spacial score (nSPS) is 19.9. The molecular weight excluding hydrogens is 540 g/mol. The molecule has 0 saturated heterocycles. The SMILES string of the molecule is CC(=O)OC/C=C/C1=CC2=C(CO1)C(=O)[C@](C)(OC(=O)c1c(C)cc(OC(C)=O)cc1OC(C)=O)[C@H](OC(C)=O)C2. The van der Waals surface area contributed by atoms with Crippen LogP contribution in [-0.4, -0.2) is 60.5 Å². The molecule has 1 aliphatic heterocycles. The summed E-state index contributed by atoms with van der Waals surface area (Å²) in [5, 5.41) is 0. The summed E-state index contributed by atoms with van der Waals surface area (Å²) >= 11 is 0. The van der Waals surface area contributed by atoms with Gasteiger partial charge in [-0.2, -0.15) is 0 Å². The summed E-state index contributed by atoms with van der Waals surface area (Å²) in [7, 11) is 0. The summed E-state index contributed by atoms with van der Waals surface area (Å²) in [5.74, 6) is -4.03. The molecule has 0 fully saturated rings. The van der Waals surface area contributed by atoms with E-state index in [2.05, 4.69) is 0 Å². The molecule has 1 aliphatic carbocycles. The molecule has 2 aliphatic rings. The van der Waals surface area contributed by atoms with Crippen molar-refractivity contribution in [3.8, 4) is 11.5 Å². The minimum absolute atomic E-state index is 0.0241. The van der Waals surface area contributed by atoms with E-state index in [9.17, 15) is 28.8 Å². The van der Waals surface area contributed by atoms with Gasteiger partial charge >= 0.3 is 29.8 Å². The number of benzene rings is 1. The van der Waals surface area contributed by atoms with Gasteiger partial charge in [-0.1, -0.05) is 0 Å². The Labute approximate surface area is 235 Å². The molecule has 0 radical (unpaired) electrons. The summed E-state index contributed by atoms with van der Waals surface area (Å²) in [6, 6.07) is 2.55. The van der Waals surface area contributed by atoms with E-state index >= 15 is 0 Å². The van der Waals surface area contributed by atoms with Crippen LogP contribution < -0.4 is 9.47 Å². The number of allylic oxidation sites excluding steroid dienone is 2. The number of hydrogen-bond donors (Lipinski definition) is 0. The average molecular weight is 571 g/mol. The van der Waals surface area contributed by atoms with Crippen molar-refractivity contribution in [3.05, 3.63) is 58.4 Å². The highest BCUT2D eigenvalue weighted by Crippen LogP contribution is 2.40. The van der Waals surface area contributed by atoms with Crippen molar-refractivity contribution in [2.24, 2.45) is 0 Å². The molecule has 0 saturated carbocycles. The van der Waals surface area contributed by atoms with Gasteiger partial charge in [-0.25, -0.2) is 4.79 Å². The van der Waals surface area contributed by atoms with Crippen molar-refractivity contribution < 1.29 is 57.2 Å². The lowest BCUT2D eigenvalue weighted by Crippen LogP contribution is -2.56. The third-order valence-electron chi connectivity index (χ3n) is 6.10. The number of rotatable bonds is 8. The van der Waals surface area contributed by atoms with Gasteiger partial charge in [0.25, 0.3) is 0 Å². The van der Waals surface area contributed by atoms with Crippen molar-refractivity contribution >= 4 is 35.6 Å². The van der Waals surface area contributed by atoms with E-state index < -0.39 is 47.3 Å². The molecule has 0 bridgehead atoms. The summed E-state index contributed by atoms with van der Waals surface area (Å²) in [6.45, 7) is 7.47. The second-order valence-corrected chi connectivity index (χ2v) is 9.47. The second-order valence-electron chi connectivity index (χ2n) is 9.47. The Hall–Kier alpha value is -4.74. The van der Waals surface area contributed by atoms with Gasteiger partial charge in [-0.05, 0) is 49.3 Å². The maximum absolute atomic E-state index is 13.8. The molecule has 3 rings (SSSR count). The number of esters is 5. The first kappa shape index (κ1) is 30.8. The summed E-state index contributed by atoms with van der Waals surface area (Å²) in [4.78, 5) is 73.4. The number of aryl methyl sites for hydroxylation is 1. The molecular formula is C29H30O12. The van der Waals surface area contributed by atoms with E-state index in [4.69, 9.17) is 28.4 Å². The van der Waals surface area contributed by atoms with E-state index in [1.807, 2.05) is 0 Å². The Bertz CT molecular complexity index is 1400. The van der Waals surface area contributed by atoms with Crippen LogP contribution in [0.3, 0.4) is 0 Å². The molecule has 12 nitrogen and oxygen atoms in total. The predicted molar refractivity (Wildman–Crippen MR) is 140 cm³/mol. The van der Waals surface area contributed by atoms with Gasteiger partial charge in [0.15, 0.2) is 6.10 Å². The Balaban J connectivity index is 1.98. The Morgan fingerprint density at radius 1 is 1.00 bits per heavy atom. The number of carbonyl (C=O) groups excluding carboxylic acids is 6. The van der Waals surface area contributed by atoms with Crippen molar-refractivity contribution in [2.45, 2.75) is 59.7 Å². The van der Waals surface area contributed by atoms with Crippen LogP contribution in [0, 0.1) is 6.92 Å². The molecule has 218 valence electrons. The van der Waals surface area contributed by atoms with Gasteiger partial charge in [0.1, 0.15) is 36.0 Å². The number of Topliss-reactive ketones (excluding diaryl/α,β-unsaturated/α-hetero) is 1. The minimum Gasteiger partial charge on any atom is -0.489 e. The molecule has 1 aromatic rings. The van der Waals surface area contributed by atoms with Crippen LogP contribution in [0.25, 0.3) is 0 Å². The molecule has 41 heavy (non-hydrogen) atoms. The number of ether oxygens (including phenoxy) is 6. The zero-order valence-electron chi connectivity index (χ0n) is 23.5.